The molecule has 1 nitrogen and oxygen atoms in total. The standard InChI is InChI=1S/C15H23N/c1-5-10-16-14-9-7-6-8-13(14)12(2)11-15(16,3)4/h6-9,12H,5,10-11H2,1-4H3. The van der Waals surface area contributed by atoms with Gasteiger partial charge in [0, 0.05) is 17.8 Å². The van der Waals surface area contributed by atoms with Crippen LogP contribution < -0.4 is 4.90 Å². The fourth-order valence-electron chi connectivity index (χ4n) is 3.09. The maximum atomic E-state index is 2.59. The molecule has 1 unspecified atom stereocenters. The minimum absolute atomic E-state index is 0.295. The van der Waals surface area contributed by atoms with E-state index in [0.717, 1.165) is 6.54 Å². The van der Waals surface area contributed by atoms with Crippen LogP contribution >= 0.6 is 0 Å². The summed E-state index contributed by atoms with van der Waals surface area (Å²) in [6.07, 6.45) is 2.47. The topological polar surface area (TPSA) is 3.24 Å². The number of rotatable bonds is 2. The third-order valence-electron chi connectivity index (χ3n) is 3.74. The van der Waals surface area contributed by atoms with Crippen LogP contribution in [0.1, 0.15) is 52.0 Å². The molecule has 1 heterocycles. The lowest BCUT2D eigenvalue weighted by atomic mass is 9.80. The van der Waals surface area contributed by atoms with Crippen LogP contribution in [0.4, 0.5) is 5.69 Å². The average Bonchev–Trinajstić information content (AvgIpc) is 2.23. The molecule has 16 heavy (non-hydrogen) atoms. The Morgan fingerprint density at radius 1 is 1.31 bits per heavy atom. The summed E-state index contributed by atoms with van der Waals surface area (Å²) in [6.45, 7) is 10.5. The summed E-state index contributed by atoms with van der Waals surface area (Å²) in [5.74, 6) is 0.680. The highest BCUT2D eigenvalue weighted by Gasteiger charge is 2.35. The summed E-state index contributed by atoms with van der Waals surface area (Å²) in [4.78, 5) is 2.59. The van der Waals surface area contributed by atoms with Gasteiger partial charge >= 0.3 is 0 Å². The monoisotopic (exact) mass is 217 g/mol. The van der Waals surface area contributed by atoms with Crippen molar-refractivity contribution >= 4 is 5.69 Å². The van der Waals surface area contributed by atoms with E-state index in [4.69, 9.17) is 0 Å². The zero-order valence-electron chi connectivity index (χ0n) is 11.0. The Morgan fingerprint density at radius 2 is 2.00 bits per heavy atom. The fourth-order valence-corrected chi connectivity index (χ4v) is 3.09. The zero-order chi connectivity index (χ0) is 11.8. The van der Waals surface area contributed by atoms with Crippen LogP contribution in [0.5, 0.6) is 0 Å². The molecule has 0 spiro atoms. The molecule has 0 aliphatic carbocycles. The van der Waals surface area contributed by atoms with Gasteiger partial charge in [-0.15, -0.1) is 0 Å². The molecule has 1 aliphatic heterocycles. The molecule has 0 N–H and O–H groups in total. The molecule has 0 saturated heterocycles. The van der Waals surface area contributed by atoms with E-state index >= 15 is 0 Å². The fraction of sp³-hybridized carbons (Fsp3) is 0.600. The second-order valence-electron chi connectivity index (χ2n) is 5.63. The predicted molar refractivity (Wildman–Crippen MR) is 71.2 cm³/mol. The quantitative estimate of drug-likeness (QED) is 0.718. The highest BCUT2D eigenvalue weighted by atomic mass is 15.2. The lowest BCUT2D eigenvalue weighted by Crippen LogP contribution is -2.48. The van der Waals surface area contributed by atoms with Crippen molar-refractivity contribution in [1.29, 1.82) is 0 Å². The van der Waals surface area contributed by atoms with Gasteiger partial charge in [-0.3, -0.25) is 0 Å². The lowest BCUT2D eigenvalue weighted by Gasteiger charge is -2.47. The third kappa shape index (κ3) is 1.83. The molecular formula is C15H23N. The van der Waals surface area contributed by atoms with Crippen molar-refractivity contribution < 1.29 is 0 Å². The molecule has 0 saturated carbocycles. The van der Waals surface area contributed by atoms with Crippen molar-refractivity contribution in [2.45, 2.75) is 52.0 Å². The van der Waals surface area contributed by atoms with E-state index < -0.39 is 0 Å². The van der Waals surface area contributed by atoms with Crippen molar-refractivity contribution in [1.82, 2.24) is 0 Å². The highest BCUT2D eigenvalue weighted by Crippen LogP contribution is 2.42. The van der Waals surface area contributed by atoms with Crippen LogP contribution in [-0.4, -0.2) is 12.1 Å². The Balaban J connectivity index is 2.45. The summed E-state index contributed by atoms with van der Waals surface area (Å²) in [5.41, 5.74) is 3.27. The number of hydrogen-bond acceptors (Lipinski definition) is 1. The van der Waals surface area contributed by atoms with Crippen LogP contribution in [0.15, 0.2) is 24.3 Å². The molecule has 0 fully saturated rings. The van der Waals surface area contributed by atoms with Gasteiger partial charge < -0.3 is 4.90 Å². The molecular weight excluding hydrogens is 194 g/mol. The van der Waals surface area contributed by atoms with Gasteiger partial charge in [-0.2, -0.15) is 0 Å². The average molecular weight is 217 g/mol. The van der Waals surface area contributed by atoms with E-state index in [0.29, 0.717) is 11.5 Å². The molecule has 2 rings (SSSR count). The van der Waals surface area contributed by atoms with Crippen molar-refractivity contribution in [3.63, 3.8) is 0 Å². The van der Waals surface area contributed by atoms with Crippen LogP contribution in [0, 0.1) is 0 Å². The third-order valence-corrected chi connectivity index (χ3v) is 3.74. The van der Waals surface area contributed by atoms with E-state index in [1.807, 2.05) is 0 Å². The van der Waals surface area contributed by atoms with Crippen molar-refractivity contribution in [3.05, 3.63) is 29.8 Å². The summed E-state index contributed by atoms with van der Waals surface area (Å²) < 4.78 is 0. The van der Waals surface area contributed by atoms with Crippen molar-refractivity contribution in [3.8, 4) is 0 Å². The first-order valence-corrected chi connectivity index (χ1v) is 6.43. The Kier molecular flexibility index (Phi) is 2.96. The Bertz CT molecular complexity index is 367. The summed E-state index contributed by atoms with van der Waals surface area (Å²) in [7, 11) is 0. The van der Waals surface area contributed by atoms with E-state index in [1.54, 1.807) is 0 Å². The van der Waals surface area contributed by atoms with Gasteiger partial charge in [0.2, 0.25) is 0 Å². The molecule has 1 aromatic carbocycles. The second-order valence-corrected chi connectivity index (χ2v) is 5.63. The van der Waals surface area contributed by atoms with Gasteiger partial charge in [0.15, 0.2) is 0 Å². The predicted octanol–water partition coefficient (Wildman–Crippen LogP) is 4.19. The number of benzene rings is 1. The van der Waals surface area contributed by atoms with Gasteiger partial charge in [-0.05, 0) is 44.2 Å². The molecule has 88 valence electrons. The van der Waals surface area contributed by atoms with Gasteiger partial charge in [-0.25, -0.2) is 0 Å². The van der Waals surface area contributed by atoms with Crippen LogP contribution in [0.25, 0.3) is 0 Å². The van der Waals surface area contributed by atoms with E-state index in [2.05, 4.69) is 56.9 Å². The summed E-state index contributed by atoms with van der Waals surface area (Å²) >= 11 is 0. The number of fused-ring (bicyclic) bond motifs is 1. The Morgan fingerprint density at radius 3 is 2.69 bits per heavy atom. The highest BCUT2D eigenvalue weighted by molar-refractivity contribution is 5.59. The van der Waals surface area contributed by atoms with Gasteiger partial charge in [0.1, 0.15) is 0 Å². The van der Waals surface area contributed by atoms with Crippen LogP contribution in [0.2, 0.25) is 0 Å². The zero-order valence-corrected chi connectivity index (χ0v) is 11.0. The molecule has 0 radical (unpaired) electrons. The molecule has 0 bridgehead atoms. The van der Waals surface area contributed by atoms with Crippen molar-refractivity contribution in [2.24, 2.45) is 0 Å². The van der Waals surface area contributed by atoms with E-state index in [1.165, 1.54) is 24.1 Å². The van der Waals surface area contributed by atoms with Gasteiger partial charge in [0.25, 0.3) is 0 Å². The minimum atomic E-state index is 0.295. The normalized spacial score (nSPS) is 23.0. The Labute approximate surface area is 99.5 Å². The summed E-state index contributed by atoms with van der Waals surface area (Å²) in [6, 6.07) is 8.90. The first-order valence-electron chi connectivity index (χ1n) is 6.43. The number of para-hydroxylation sites is 1. The van der Waals surface area contributed by atoms with E-state index in [9.17, 15) is 0 Å². The van der Waals surface area contributed by atoms with E-state index in [-0.39, 0.29) is 0 Å². The molecule has 1 aromatic rings. The number of nitrogens with zero attached hydrogens (tertiary/aromatic N) is 1. The maximum Gasteiger partial charge on any atom is 0.0405 e. The molecule has 0 aromatic heterocycles. The smallest absolute Gasteiger partial charge is 0.0405 e. The van der Waals surface area contributed by atoms with Gasteiger partial charge in [-0.1, -0.05) is 32.0 Å². The minimum Gasteiger partial charge on any atom is -0.366 e. The maximum absolute atomic E-state index is 2.59. The number of hydrogen-bond donors (Lipinski definition) is 0. The molecule has 0 amide bonds. The Hall–Kier alpha value is -0.980. The van der Waals surface area contributed by atoms with Gasteiger partial charge in [0.05, 0.1) is 0 Å². The summed E-state index contributed by atoms with van der Waals surface area (Å²) in [5, 5.41) is 0. The number of anilines is 1. The molecule has 1 aliphatic rings. The molecule has 1 heteroatoms. The second kappa shape index (κ2) is 4.12. The first-order chi connectivity index (χ1) is 7.56. The first kappa shape index (κ1) is 11.5. The van der Waals surface area contributed by atoms with Crippen LogP contribution in [-0.2, 0) is 0 Å². The molecule has 1 atom stereocenters. The SMILES string of the molecule is CCCN1c2ccccc2C(C)CC1(C)C. The largest absolute Gasteiger partial charge is 0.366 e. The lowest BCUT2D eigenvalue weighted by molar-refractivity contribution is 0.376. The van der Waals surface area contributed by atoms with Crippen molar-refractivity contribution in [2.75, 3.05) is 11.4 Å². The van der Waals surface area contributed by atoms with Crippen LogP contribution in [0.3, 0.4) is 0 Å².